The van der Waals surface area contributed by atoms with Crippen molar-refractivity contribution in [3.63, 3.8) is 0 Å². The van der Waals surface area contributed by atoms with Gasteiger partial charge in [-0.2, -0.15) is 0 Å². The van der Waals surface area contributed by atoms with Gasteiger partial charge >= 0.3 is 6.36 Å². The van der Waals surface area contributed by atoms with Crippen molar-refractivity contribution >= 4 is 17.5 Å². The first kappa shape index (κ1) is 21.4. The predicted octanol–water partition coefficient (Wildman–Crippen LogP) is 2.78. The molecule has 0 spiro atoms. The molecule has 0 aliphatic carbocycles. The zero-order valence-corrected chi connectivity index (χ0v) is 15.9. The Bertz CT molecular complexity index is 733. The molecule has 10 heteroatoms. The van der Waals surface area contributed by atoms with Crippen LogP contribution in [0.5, 0.6) is 5.75 Å². The van der Waals surface area contributed by atoms with Crippen molar-refractivity contribution in [1.29, 1.82) is 0 Å². The SMILES string of the molecule is O=C1CCCC(=O)N1CCCN1CCN(c2cc(F)ccc2OC(F)(F)F)CC1. The number of imide groups is 1. The summed E-state index contributed by atoms with van der Waals surface area (Å²) in [7, 11) is 0. The Labute approximate surface area is 166 Å². The van der Waals surface area contributed by atoms with E-state index in [-0.39, 0.29) is 17.5 Å². The summed E-state index contributed by atoms with van der Waals surface area (Å²) in [4.78, 5) is 28.7. The predicted molar refractivity (Wildman–Crippen MR) is 96.9 cm³/mol. The Morgan fingerprint density at radius 3 is 2.24 bits per heavy atom. The largest absolute Gasteiger partial charge is 0.573 e. The maximum atomic E-state index is 13.6. The quantitative estimate of drug-likeness (QED) is 0.526. The molecule has 0 unspecified atom stereocenters. The smallest absolute Gasteiger partial charge is 0.404 e. The van der Waals surface area contributed by atoms with E-state index in [0.717, 1.165) is 18.2 Å². The first-order chi connectivity index (χ1) is 13.7. The summed E-state index contributed by atoms with van der Waals surface area (Å²) in [5.41, 5.74) is 0.0754. The number of ether oxygens (including phenoxy) is 1. The van der Waals surface area contributed by atoms with Crippen LogP contribution >= 0.6 is 0 Å². The molecular formula is C19H23F4N3O3. The normalized spacial score (nSPS) is 19.0. The summed E-state index contributed by atoms with van der Waals surface area (Å²) in [5, 5.41) is 0. The molecule has 0 N–H and O–H groups in total. The van der Waals surface area contributed by atoms with Crippen LogP contribution in [0.3, 0.4) is 0 Å². The van der Waals surface area contributed by atoms with Crippen molar-refractivity contribution < 1.29 is 31.9 Å². The molecule has 2 aliphatic rings. The highest BCUT2D eigenvalue weighted by Gasteiger charge is 2.33. The van der Waals surface area contributed by atoms with Gasteiger partial charge in [0, 0.05) is 51.6 Å². The second-order valence-electron chi connectivity index (χ2n) is 7.13. The Kier molecular flexibility index (Phi) is 6.61. The number of halogens is 4. The van der Waals surface area contributed by atoms with E-state index < -0.39 is 17.9 Å². The number of rotatable bonds is 6. The van der Waals surface area contributed by atoms with Gasteiger partial charge in [-0.1, -0.05) is 0 Å². The molecule has 160 valence electrons. The van der Waals surface area contributed by atoms with Gasteiger partial charge < -0.3 is 9.64 Å². The Morgan fingerprint density at radius 1 is 0.966 bits per heavy atom. The van der Waals surface area contributed by atoms with Gasteiger partial charge in [0.25, 0.3) is 0 Å². The van der Waals surface area contributed by atoms with Gasteiger partial charge in [-0.05, 0) is 31.5 Å². The van der Waals surface area contributed by atoms with Gasteiger partial charge in [0.05, 0.1) is 5.69 Å². The van der Waals surface area contributed by atoms with E-state index in [9.17, 15) is 27.2 Å². The fraction of sp³-hybridized carbons (Fsp3) is 0.579. The Hall–Kier alpha value is -2.36. The van der Waals surface area contributed by atoms with Crippen LogP contribution in [-0.4, -0.2) is 67.2 Å². The van der Waals surface area contributed by atoms with Gasteiger partial charge in [-0.3, -0.25) is 19.4 Å². The number of hydrogen-bond acceptors (Lipinski definition) is 5. The first-order valence-electron chi connectivity index (χ1n) is 9.59. The third-order valence-corrected chi connectivity index (χ3v) is 5.10. The molecule has 2 saturated heterocycles. The maximum absolute atomic E-state index is 13.6. The van der Waals surface area contributed by atoms with Crippen molar-refractivity contribution in [3.8, 4) is 5.75 Å². The van der Waals surface area contributed by atoms with Crippen LogP contribution in [0.2, 0.25) is 0 Å². The standard InChI is InChI=1S/C19H23F4N3O3/c20-14-5-6-16(29-19(21,22)23)15(13-14)25-11-9-24(10-12-25)7-2-8-26-17(27)3-1-4-18(26)28/h5-6,13H,1-4,7-12H2. The van der Waals surface area contributed by atoms with E-state index in [1.165, 1.54) is 4.90 Å². The van der Waals surface area contributed by atoms with Crippen LogP contribution in [0.25, 0.3) is 0 Å². The van der Waals surface area contributed by atoms with Gasteiger partial charge in [-0.25, -0.2) is 4.39 Å². The molecule has 2 heterocycles. The van der Waals surface area contributed by atoms with Crippen LogP contribution in [0.15, 0.2) is 18.2 Å². The minimum absolute atomic E-state index is 0.0754. The molecule has 0 radical (unpaired) electrons. The zero-order valence-electron chi connectivity index (χ0n) is 15.9. The lowest BCUT2D eigenvalue weighted by Crippen LogP contribution is -2.47. The maximum Gasteiger partial charge on any atom is 0.573 e. The molecule has 0 bridgehead atoms. The summed E-state index contributed by atoms with van der Waals surface area (Å²) in [5.74, 6) is -1.31. The molecule has 0 saturated carbocycles. The topological polar surface area (TPSA) is 53.1 Å². The van der Waals surface area contributed by atoms with Gasteiger partial charge in [0.2, 0.25) is 11.8 Å². The molecule has 0 atom stereocenters. The highest BCUT2D eigenvalue weighted by atomic mass is 19.4. The monoisotopic (exact) mass is 417 g/mol. The van der Waals surface area contributed by atoms with Crippen molar-refractivity contribution in [2.45, 2.75) is 32.0 Å². The minimum Gasteiger partial charge on any atom is -0.404 e. The molecule has 2 aliphatic heterocycles. The summed E-state index contributed by atoms with van der Waals surface area (Å²) in [6.07, 6.45) is -2.80. The van der Waals surface area contributed by atoms with Crippen molar-refractivity contribution in [2.24, 2.45) is 0 Å². The van der Waals surface area contributed by atoms with Crippen LogP contribution in [0, 0.1) is 5.82 Å². The Balaban J connectivity index is 1.51. The third kappa shape index (κ3) is 5.81. The third-order valence-electron chi connectivity index (χ3n) is 5.10. The lowest BCUT2D eigenvalue weighted by atomic mass is 10.1. The fourth-order valence-corrected chi connectivity index (χ4v) is 3.66. The van der Waals surface area contributed by atoms with Crippen LogP contribution < -0.4 is 9.64 Å². The number of piperidine rings is 1. The van der Waals surface area contributed by atoms with E-state index in [1.54, 1.807) is 4.90 Å². The molecule has 29 heavy (non-hydrogen) atoms. The summed E-state index contributed by atoms with van der Waals surface area (Å²) in [6, 6.07) is 2.96. The van der Waals surface area contributed by atoms with Crippen LogP contribution in [0.1, 0.15) is 25.7 Å². The first-order valence-corrected chi connectivity index (χ1v) is 9.59. The zero-order chi connectivity index (χ0) is 21.0. The van der Waals surface area contributed by atoms with Crippen molar-refractivity contribution in [3.05, 3.63) is 24.0 Å². The molecule has 3 rings (SSSR count). The van der Waals surface area contributed by atoms with Crippen LogP contribution in [-0.2, 0) is 9.59 Å². The average Bonchev–Trinajstić information content (AvgIpc) is 2.65. The molecule has 1 aromatic rings. The van der Waals surface area contributed by atoms with Gasteiger partial charge in [0.15, 0.2) is 5.75 Å². The van der Waals surface area contributed by atoms with E-state index >= 15 is 0 Å². The van der Waals surface area contributed by atoms with Gasteiger partial charge in [0.1, 0.15) is 5.82 Å². The molecular weight excluding hydrogens is 394 g/mol. The highest BCUT2D eigenvalue weighted by molar-refractivity contribution is 5.97. The highest BCUT2D eigenvalue weighted by Crippen LogP contribution is 2.34. The number of carbonyl (C=O) groups is 2. The average molecular weight is 417 g/mol. The van der Waals surface area contributed by atoms with Gasteiger partial charge in [-0.15, -0.1) is 13.2 Å². The number of anilines is 1. The second kappa shape index (κ2) is 8.98. The number of hydrogen-bond donors (Lipinski definition) is 0. The molecule has 2 fully saturated rings. The number of carbonyl (C=O) groups excluding carboxylic acids is 2. The molecule has 0 aromatic heterocycles. The molecule has 6 nitrogen and oxygen atoms in total. The van der Waals surface area contributed by atoms with E-state index in [2.05, 4.69) is 9.64 Å². The number of benzene rings is 1. The Morgan fingerprint density at radius 2 is 1.62 bits per heavy atom. The number of nitrogens with zero attached hydrogens (tertiary/aromatic N) is 3. The minimum atomic E-state index is -4.85. The van der Waals surface area contributed by atoms with Crippen molar-refractivity contribution in [1.82, 2.24) is 9.80 Å². The number of likely N-dealkylation sites (tertiary alicyclic amines) is 1. The number of amides is 2. The lowest BCUT2D eigenvalue weighted by Gasteiger charge is -2.37. The van der Waals surface area contributed by atoms with Crippen molar-refractivity contribution in [2.75, 3.05) is 44.2 Å². The van der Waals surface area contributed by atoms with E-state index in [4.69, 9.17) is 0 Å². The van der Waals surface area contributed by atoms with Crippen LogP contribution in [0.4, 0.5) is 23.2 Å². The summed E-state index contributed by atoms with van der Waals surface area (Å²) < 4.78 is 55.4. The van der Waals surface area contributed by atoms with E-state index in [0.29, 0.717) is 65.0 Å². The lowest BCUT2D eigenvalue weighted by molar-refractivity contribution is -0.274. The number of alkyl halides is 3. The second-order valence-corrected chi connectivity index (χ2v) is 7.13. The summed E-state index contributed by atoms with van der Waals surface area (Å²) >= 11 is 0. The number of piperazine rings is 1. The fourth-order valence-electron chi connectivity index (χ4n) is 3.66. The molecule has 2 amide bonds. The van der Waals surface area contributed by atoms with E-state index in [1.807, 2.05) is 0 Å². The molecule has 1 aromatic carbocycles. The summed E-state index contributed by atoms with van der Waals surface area (Å²) in [6.45, 7) is 3.03.